The predicted molar refractivity (Wildman–Crippen MR) is 162 cm³/mol. The first-order valence-corrected chi connectivity index (χ1v) is 14.4. The molecule has 1 aliphatic rings. The highest BCUT2D eigenvalue weighted by atomic mass is 16.5. The van der Waals surface area contributed by atoms with Crippen molar-refractivity contribution in [3.05, 3.63) is 66.4 Å². The van der Waals surface area contributed by atoms with Gasteiger partial charge in [0.1, 0.15) is 11.6 Å². The van der Waals surface area contributed by atoms with Crippen molar-refractivity contribution < 1.29 is 24.2 Å². The Morgan fingerprint density at radius 3 is 2.69 bits per heavy atom. The third-order valence-electron chi connectivity index (χ3n) is 6.93. The average molecular weight is 577 g/mol. The number of aromatic nitrogens is 2. The van der Waals surface area contributed by atoms with Gasteiger partial charge in [0.15, 0.2) is 0 Å². The Bertz CT molecular complexity index is 1300. The number of aryl methyl sites for hydroxylation is 1. The lowest BCUT2D eigenvalue weighted by Gasteiger charge is -2.26. The minimum absolute atomic E-state index is 0.0917. The Morgan fingerprint density at radius 2 is 1.88 bits per heavy atom. The number of nitrogens with zero attached hydrogens (tertiary/aromatic N) is 4. The molecule has 0 atom stereocenters. The summed E-state index contributed by atoms with van der Waals surface area (Å²) in [7, 11) is 1.58. The summed E-state index contributed by atoms with van der Waals surface area (Å²) in [5.41, 5.74) is 1.98. The van der Waals surface area contributed by atoms with Crippen LogP contribution in [0.4, 0.5) is 27.9 Å². The van der Waals surface area contributed by atoms with Crippen molar-refractivity contribution in [2.45, 2.75) is 38.5 Å². The van der Waals surface area contributed by atoms with Gasteiger partial charge in [-0.15, -0.1) is 0 Å². The fourth-order valence-electron chi connectivity index (χ4n) is 4.82. The SMILES string of the molecule is COCCNC(=O)CCc1cccc(N(C(=O)O)c2ccnc(Nc3cccc(OCCCN4CCCCC4)c3)n2)c1. The van der Waals surface area contributed by atoms with Crippen molar-refractivity contribution in [2.24, 2.45) is 0 Å². The lowest BCUT2D eigenvalue weighted by molar-refractivity contribution is -0.121. The number of rotatable bonds is 15. The molecule has 42 heavy (non-hydrogen) atoms. The van der Waals surface area contributed by atoms with E-state index in [1.165, 1.54) is 44.6 Å². The van der Waals surface area contributed by atoms with E-state index < -0.39 is 6.09 Å². The predicted octanol–water partition coefficient (Wildman–Crippen LogP) is 4.99. The second kappa shape index (κ2) is 16.3. The molecule has 0 spiro atoms. The second-order valence-corrected chi connectivity index (χ2v) is 10.1. The number of piperidine rings is 1. The average Bonchev–Trinajstić information content (AvgIpc) is 3.00. The number of nitrogens with one attached hydrogen (secondary N) is 2. The van der Waals surface area contributed by atoms with Crippen LogP contribution in [0, 0.1) is 0 Å². The highest BCUT2D eigenvalue weighted by molar-refractivity contribution is 5.93. The zero-order valence-electron chi connectivity index (χ0n) is 24.1. The molecule has 1 aliphatic heterocycles. The molecule has 11 heteroatoms. The first-order chi connectivity index (χ1) is 20.5. The van der Waals surface area contributed by atoms with Gasteiger partial charge in [0.2, 0.25) is 11.9 Å². The quantitative estimate of drug-likeness (QED) is 0.214. The molecule has 2 heterocycles. The summed E-state index contributed by atoms with van der Waals surface area (Å²) < 4.78 is 10.9. The standard InChI is InChI=1S/C31H40N6O5/c1-41-21-16-32-29(38)13-12-24-8-5-10-26(22-24)37(31(39)40)28-14-15-33-30(35-28)34-25-9-6-11-27(23-25)42-20-7-19-36-17-3-2-4-18-36/h5-6,8-11,14-15,22-23H,2-4,7,12-13,16-21H2,1H3,(H,32,38)(H,39,40)(H,33,34,35). The van der Waals surface area contributed by atoms with Crippen molar-refractivity contribution in [3.8, 4) is 5.75 Å². The van der Waals surface area contributed by atoms with Crippen LogP contribution in [-0.4, -0.2) is 78.5 Å². The highest BCUT2D eigenvalue weighted by Crippen LogP contribution is 2.27. The lowest BCUT2D eigenvalue weighted by Crippen LogP contribution is -2.31. The second-order valence-electron chi connectivity index (χ2n) is 10.1. The van der Waals surface area contributed by atoms with Crippen molar-refractivity contribution in [1.29, 1.82) is 0 Å². The van der Waals surface area contributed by atoms with Crippen LogP contribution in [0.3, 0.4) is 0 Å². The topological polar surface area (TPSA) is 129 Å². The zero-order chi connectivity index (χ0) is 29.6. The number of carbonyl (C=O) groups is 2. The molecule has 0 unspecified atom stereocenters. The van der Waals surface area contributed by atoms with Crippen molar-refractivity contribution >= 4 is 35.1 Å². The minimum atomic E-state index is -1.19. The van der Waals surface area contributed by atoms with Gasteiger partial charge < -0.3 is 30.1 Å². The summed E-state index contributed by atoms with van der Waals surface area (Å²) in [5.74, 6) is 1.10. The maximum atomic E-state index is 12.3. The largest absolute Gasteiger partial charge is 0.493 e. The van der Waals surface area contributed by atoms with E-state index in [1.54, 1.807) is 25.3 Å². The first kappa shape index (κ1) is 30.7. The van der Waals surface area contributed by atoms with E-state index in [0.29, 0.717) is 31.9 Å². The first-order valence-electron chi connectivity index (χ1n) is 14.4. The molecule has 224 valence electrons. The third-order valence-corrected chi connectivity index (χ3v) is 6.93. The third kappa shape index (κ3) is 9.71. The normalized spacial score (nSPS) is 13.4. The molecule has 11 nitrogen and oxygen atoms in total. The number of hydrogen-bond donors (Lipinski definition) is 3. The van der Waals surface area contributed by atoms with Gasteiger partial charge >= 0.3 is 6.09 Å². The van der Waals surface area contributed by atoms with E-state index in [2.05, 4.69) is 25.5 Å². The number of carboxylic acid groups (broad SMARTS) is 1. The Kier molecular flexibility index (Phi) is 11.9. The number of ether oxygens (including phenoxy) is 2. The van der Waals surface area contributed by atoms with Crippen LogP contribution in [0.25, 0.3) is 0 Å². The molecular formula is C31H40N6O5. The summed E-state index contributed by atoms with van der Waals surface area (Å²) in [6.45, 7) is 4.93. The summed E-state index contributed by atoms with van der Waals surface area (Å²) in [6.07, 6.45) is 5.94. The van der Waals surface area contributed by atoms with Gasteiger partial charge in [-0.05, 0) is 68.6 Å². The smallest absolute Gasteiger partial charge is 0.417 e. The number of carbonyl (C=O) groups excluding carboxylic acids is 1. The van der Waals surface area contributed by atoms with Crippen molar-refractivity contribution in [1.82, 2.24) is 20.2 Å². The molecule has 4 rings (SSSR count). The van der Waals surface area contributed by atoms with Crippen molar-refractivity contribution in [3.63, 3.8) is 0 Å². The van der Waals surface area contributed by atoms with Crippen LogP contribution in [0.15, 0.2) is 60.8 Å². The van der Waals surface area contributed by atoms with E-state index >= 15 is 0 Å². The number of benzene rings is 2. The van der Waals surface area contributed by atoms with Gasteiger partial charge in [-0.25, -0.2) is 14.7 Å². The highest BCUT2D eigenvalue weighted by Gasteiger charge is 2.20. The number of amides is 2. The van der Waals surface area contributed by atoms with Gasteiger partial charge in [-0.2, -0.15) is 4.98 Å². The maximum absolute atomic E-state index is 12.3. The molecular weight excluding hydrogens is 536 g/mol. The number of anilines is 4. The molecule has 0 bridgehead atoms. The van der Waals surface area contributed by atoms with Gasteiger partial charge in [0.05, 0.1) is 18.9 Å². The molecule has 2 amide bonds. The zero-order valence-corrected chi connectivity index (χ0v) is 24.1. The van der Waals surface area contributed by atoms with E-state index in [-0.39, 0.29) is 24.1 Å². The summed E-state index contributed by atoms with van der Waals surface area (Å²) >= 11 is 0. The monoisotopic (exact) mass is 576 g/mol. The number of likely N-dealkylation sites (tertiary alicyclic amines) is 1. The molecule has 1 fully saturated rings. The molecule has 0 saturated carbocycles. The van der Waals surface area contributed by atoms with Crippen LogP contribution < -0.4 is 20.3 Å². The maximum Gasteiger partial charge on any atom is 0.417 e. The van der Waals surface area contributed by atoms with Crippen LogP contribution in [-0.2, 0) is 16.0 Å². The lowest BCUT2D eigenvalue weighted by atomic mass is 10.1. The van der Waals surface area contributed by atoms with Gasteiger partial charge in [-0.3, -0.25) is 4.79 Å². The Labute approximate surface area is 246 Å². The fourth-order valence-corrected chi connectivity index (χ4v) is 4.82. The van der Waals surface area contributed by atoms with Crippen molar-refractivity contribution in [2.75, 3.05) is 56.7 Å². The molecule has 1 saturated heterocycles. The number of hydrogen-bond acceptors (Lipinski definition) is 8. The molecule has 0 radical (unpaired) electrons. The Hall–Kier alpha value is -4.22. The molecule has 1 aromatic heterocycles. The van der Waals surface area contributed by atoms with E-state index in [1.807, 2.05) is 30.3 Å². The van der Waals surface area contributed by atoms with E-state index in [4.69, 9.17) is 9.47 Å². The van der Waals surface area contributed by atoms with E-state index in [0.717, 1.165) is 34.9 Å². The van der Waals surface area contributed by atoms with Crippen LogP contribution in [0.5, 0.6) is 5.75 Å². The van der Waals surface area contributed by atoms with Crippen LogP contribution in [0.1, 0.15) is 37.7 Å². The molecule has 2 aromatic carbocycles. The molecule has 0 aliphatic carbocycles. The van der Waals surface area contributed by atoms with Crippen LogP contribution >= 0.6 is 0 Å². The summed E-state index contributed by atoms with van der Waals surface area (Å²) in [4.78, 5) is 36.7. The van der Waals surface area contributed by atoms with E-state index in [9.17, 15) is 14.7 Å². The fraction of sp³-hybridized carbons (Fsp3) is 0.419. The Balaban J connectivity index is 1.36. The molecule has 3 N–H and O–H groups in total. The number of methoxy groups -OCH3 is 1. The summed E-state index contributed by atoms with van der Waals surface area (Å²) in [5, 5.41) is 16.0. The Morgan fingerprint density at radius 1 is 1.05 bits per heavy atom. The van der Waals surface area contributed by atoms with Crippen LogP contribution in [0.2, 0.25) is 0 Å². The van der Waals surface area contributed by atoms with Gasteiger partial charge in [-0.1, -0.05) is 24.6 Å². The summed E-state index contributed by atoms with van der Waals surface area (Å²) in [6, 6.07) is 16.2. The van der Waals surface area contributed by atoms with Gasteiger partial charge in [0, 0.05) is 50.6 Å². The van der Waals surface area contributed by atoms with Gasteiger partial charge in [0.25, 0.3) is 0 Å². The molecule has 3 aromatic rings. The minimum Gasteiger partial charge on any atom is -0.493 e.